The Balaban J connectivity index is 2.25. The molecule has 4 atom stereocenters. The first-order valence-corrected chi connectivity index (χ1v) is 5.70. The van der Waals surface area contributed by atoms with E-state index >= 15 is 0 Å². The van der Waals surface area contributed by atoms with E-state index in [4.69, 9.17) is 16.3 Å². The number of esters is 1. The van der Waals surface area contributed by atoms with E-state index in [0.717, 1.165) is 0 Å². The Labute approximate surface area is 98.2 Å². The van der Waals surface area contributed by atoms with E-state index < -0.39 is 23.6 Å². The minimum atomic E-state index is -1.49. The lowest BCUT2D eigenvalue weighted by atomic mass is 9.64. The summed E-state index contributed by atoms with van der Waals surface area (Å²) in [6, 6.07) is 0. The van der Waals surface area contributed by atoms with Crippen molar-refractivity contribution in [3.05, 3.63) is 12.2 Å². The molecule has 0 aromatic carbocycles. The molecule has 0 aromatic rings. The van der Waals surface area contributed by atoms with Gasteiger partial charge in [-0.3, -0.25) is 9.59 Å². The Morgan fingerprint density at radius 3 is 2.88 bits per heavy atom. The molecule has 5 heteroatoms. The number of Topliss-reactive ketones (excluding diaryl/α,β-unsaturated/α-hetero) is 1. The molecule has 3 aliphatic carbocycles. The minimum absolute atomic E-state index is 0.121. The molecule has 0 spiro atoms. The fraction of sp³-hybridized carbons (Fsp3) is 0.636. The quantitative estimate of drug-likeness (QED) is 0.440. The second kappa shape index (κ2) is 3.86. The molecule has 2 bridgehead atoms. The predicted octanol–water partition coefficient (Wildman–Crippen LogP) is 0.663. The summed E-state index contributed by atoms with van der Waals surface area (Å²) >= 11 is 5.65. The van der Waals surface area contributed by atoms with E-state index in [0.29, 0.717) is 6.42 Å². The number of hydrogen-bond donors (Lipinski definition) is 1. The van der Waals surface area contributed by atoms with Gasteiger partial charge in [-0.15, -0.1) is 11.6 Å². The van der Waals surface area contributed by atoms with Gasteiger partial charge in [-0.2, -0.15) is 0 Å². The molecular formula is C11H13ClO4. The normalized spacial score (nSPS) is 41.2. The van der Waals surface area contributed by atoms with Crippen molar-refractivity contribution < 1.29 is 19.4 Å². The first-order chi connectivity index (χ1) is 7.49. The van der Waals surface area contributed by atoms with Crippen molar-refractivity contribution in [1.29, 1.82) is 0 Å². The number of aliphatic hydroxyl groups is 1. The van der Waals surface area contributed by atoms with Gasteiger partial charge in [-0.05, 0) is 6.42 Å². The maximum absolute atomic E-state index is 12.0. The van der Waals surface area contributed by atoms with Crippen LogP contribution < -0.4 is 0 Å². The summed E-state index contributed by atoms with van der Waals surface area (Å²) in [5, 5.41) is 10.1. The van der Waals surface area contributed by atoms with Gasteiger partial charge in [0.1, 0.15) is 11.7 Å². The Hall–Kier alpha value is -0.870. The number of carbonyl (C=O) groups excluding carboxylic acids is 2. The van der Waals surface area contributed by atoms with E-state index in [-0.39, 0.29) is 17.6 Å². The van der Waals surface area contributed by atoms with E-state index in [2.05, 4.69) is 0 Å². The summed E-state index contributed by atoms with van der Waals surface area (Å²) in [6.45, 7) is 1.31. The van der Waals surface area contributed by atoms with Crippen molar-refractivity contribution in [2.24, 2.45) is 11.8 Å². The van der Waals surface area contributed by atoms with Gasteiger partial charge in [-0.25, -0.2) is 0 Å². The molecular weight excluding hydrogens is 232 g/mol. The third-order valence-electron chi connectivity index (χ3n) is 3.30. The molecule has 4 nitrogen and oxygen atoms in total. The van der Waals surface area contributed by atoms with Crippen LogP contribution in [0.1, 0.15) is 13.3 Å². The summed E-state index contributed by atoms with van der Waals surface area (Å²) in [5.74, 6) is -1.78. The fourth-order valence-corrected chi connectivity index (χ4v) is 2.76. The lowest BCUT2D eigenvalue weighted by molar-refractivity contribution is -0.167. The van der Waals surface area contributed by atoms with Crippen molar-refractivity contribution in [3.8, 4) is 0 Å². The van der Waals surface area contributed by atoms with Crippen molar-refractivity contribution >= 4 is 23.4 Å². The molecule has 0 aromatic heterocycles. The van der Waals surface area contributed by atoms with Gasteiger partial charge in [0, 0.05) is 12.8 Å². The molecule has 1 fully saturated rings. The first-order valence-electron chi connectivity index (χ1n) is 5.17. The lowest BCUT2D eigenvalue weighted by Gasteiger charge is -2.45. The Morgan fingerprint density at radius 1 is 1.69 bits per heavy atom. The molecule has 0 heterocycles. The highest BCUT2D eigenvalue weighted by molar-refractivity contribution is 6.21. The van der Waals surface area contributed by atoms with Crippen LogP contribution in [-0.4, -0.2) is 34.4 Å². The van der Waals surface area contributed by atoms with E-state index in [1.165, 1.54) is 6.92 Å². The third kappa shape index (κ3) is 1.57. The van der Waals surface area contributed by atoms with Crippen LogP contribution in [0.25, 0.3) is 0 Å². The maximum Gasteiger partial charge on any atom is 0.302 e. The molecule has 0 saturated heterocycles. The maximum atomic E-state index is 12.0. The zero-order valence-electron chi connectivity index (χ0n) is 8.85. The largest absolute Gasteiger partial charge is 0.461 e. The molecule has 0 amide bonds. The van der Waals surface area contributed by atoms with Crippen LogP contribution in [-0.2, 0) is 14.3 Å². The standard InChI is InChI=1S/C11H13ClO4/c1-6(13)16-9-4-7-2-3-8(9)10(14)11(7,15)5-12/h2-3,7-9,15H,4-5H2,1H3. The Bertz CT molecular complexity index is 365. The van der Waals surface area contributed by atoms with Gasteiger partial charge in [0.2, 0.25) is 0 Å². The highest BCUT2D eigenvalue weighted by Gasteiger charge is 2.55. The second-order valence-corrected chi connectivity index (χ2v) is 4.59. The summed E-state index contributed by atoms with van der Waals surface area (Å²) in [4.78, 5) is 22.8. The topological polar surface area (TPSA) is 63.6 Å². The smallest absolute Gasteiger partial charge is 0.302 e. The minimum Gasteiger partial charge on any atom is -0.461 e. The van der Waals surface area contributed by atoms with Crippen molar-refractivity contribution in [3.63, 3.8) is 0 Å². The molecule has 0 radical (unpaired) electrons. The number of ketones is 1. The van der Waals surface area contributed by atoms with E-state index in [1.807, 2.05) is 0 Å². The van der Waals surface area contributed by atoms with E-state index in [9.17, 15) is 14.7 Å². The molecule has 1 saturated carbocycles. The SMILES string of the molecule is CC(=O)OC1CC2C=CC1C(=O)C2(O)CCl. The molecule has 88 valence electrons. The monoisotopic (exact) mass is 244 g/mol. The zero-order chi connectivity index (χ0) is 11.9. The number of hydrogen-bond acceptors (Lipinski definition) is 4. The van der Waals surface area contributed by atoms with Gasteiger partial charge in [-0.1, -0.05) is 12.2 Å². The number of ether oxygens (including phenoxy) is 1. The predicted molar refractivity (Wildman–Crippen MR) is 57.0 cm³/mol. The molecule has 3 rings (SSSR count). The zero-order valence-corrected chi connectivity index (χ0v) is 9.61. The number of fused-ring (bicyclic) bond motifs is 2. The van der Waals surface area contributed by atoms with Crippen molar-refractivity contribution in [2.45, 2.75) is 25.0 Å². The molecule has 16 heavy (non-hydrogen) atoms. The van der Waals surface area contributed by atoms with Gasteiger partial charge in [0.25, 0.3) is 0 Å². The van der Waals surface area contributed by atoms with Crippen LogP contribution in [0.3, 0.4) is 0 Å². The summed E-state index contributed by atoms with van der Waals surface area (Å²) in [5.41, 5.74) is -1.49. The van der Waals surface area contributed by atoms with Gasteiger partial charge in [0.05, 0.1) is 11.8 Å². The van der Waals surface area contributed by atoms with Crippen LogP contribution in [0.5, 0.6) is 0 Å². The number of rotatable bonds is 2. The van der Waals surface area contributed by atoms with Gasteiger partial charge >= 0.3 is 5.97 Å². The Kier molecular flexibility index (Phi) is 2.80. The lowest BCUT2D eigenvalue weighted by Crippen LogP contribution is -2.60. The average Bonchev–Trinajstić information content (AvgIpc) is 2.24. The van der Waals surface area contributed by atoms with Crippen LogP contribution in [0, 0.1) is 11.8 Å². The van der Waals surface area contributed by atoms with Crippen LogP contribution >= 0.6 is 11.6 Å². The summed E-state index contributed by atoms with van der Waals surface area (Å²) in [6.07, 6.45) is 3.48. The molecule has 4 unspecified atom stereocenters. The second-order valence-electron chi connectivity index (χ2n) is 4.32. The van der Waals surface area contributed by atoms with Crippen LogP contribution in [0.15, 0.2) is 12.2 Å². The number of alkyl halides is 1. The van der Waals surface area contributed by atoms with Crippen molar-refractivity contribution in [1.82, 2.24) is 0 Å². The fourth-order valence-electron chi connectivity index (χ4n) is 2.43. The summed E-state index contributed by atoms with van der Waals surface area (Å²) in [7, 11) is 0. The molecule has 0 aliphatic heterocycles. The number of carbonyl (C=O) groups is 2. The first kappa shape index (κ1) is 11.6. The van der Waals surface area contributed by atoms with E-state index in [1.54, 1.807) is 12.2 Å². The molecule has 3 aliphatic rings. The molecule has 1 N–H and O–H groups in total. The average molecular weight is 245 g/mol. The van der Waals surface area contributed by atoms with Gasteiger partial charge < -0.3 is 9.84 Å². The highest BCUT2D eigenvalue weighted by Crippen LogP contribution is 2.42. The third-order valence-corrected chi connectivity index (χ3v) is 3.71. The van der Waals surface area contributed by atoms with Crippen molar-refractivity contribution in [2.75, 3.05) is 5.88 Å². The Morgan fingerprint density at radius 2 is 2.38 bits per heavy atom. The van der Waals surface area contributed by atoms with Crippen LogP contribution in [0.4, 0.5) is 0 Å². The van der Waals surface area contributed by atoms with Crippen LogP contribution in [0.2, 0.25) is 0 Å². The van der Waals surface area contributed by atoms with Gasteiger partial charge in [0.15, 0.2) is 5.78 Å². The highest BCUT2D eigenvalue weighted by atomic mass is 35.5. The number of halogens is 1. The summed E-state index contributed by atoms with van der Waals surface area (Å²) < 4.78 is 5.07.